The number of carbonyl (C=O) groups excluding carboxylic acids is 2. The van der Waals surface area contributed by atoms with Crippen LogP contribution in [0, 0.1) is 5.82 Å². The van der Waals surface area contributed by atoms with Gasteiger partial charge in [-0.15, -0.1) is 0 Å². The molecule has 3 rings (SSSR count). The van der Waals surface area contributed by atoms with Gasteiger partial charge < -0.3 is 10.1 Å². The minimum absolute atomic E-state index is 0.0673. The van der Waals surface area contributed by atoms with Gasteiger partial charge in [-0.25, -0.2) is 22.6 Å². The Bertz CT molecular complexity index is 1340. The van der Waals surface area contributed by atoms with Crippen molar-refractivity contribution in [2.45, 2.75) is 17.9 Å². The largest absolute Gasteiger partial charge is 0.449 e. The van der Waals surface area contributed by atoms with Gasteiger partial charge in [-0.1, -0.05) is 34.8 Å². The predicted octanol–water partition coefficient (Wildman–Crippen LogP) is 5.17. The highest BCUT2D eigenvalue weighted by molar-refractivity contribution is 7.92. The number of halogens is 4. The molecule has 1 aromatic heterocycles. The lowest BCUT2D eigenvalue weighted by Crippen LogP contribution is -2.30. The second kappa shape index (κ2) is 10.6. The van der Waals surface area contributed by atoms with Crippen LogP contribution in [0.25, 0.3) is 0 Å². The molecule has 3 aromatic rings. The van der Waals surface area contributed by atoms with Crippen LogP contribution < -0.4 is 10.0 Å². The number of ether oxygens (including phenoxy) is 1. The van der Waals surface area contributed by atoms with Crippen molar-refractivity contribution >= 4 is 68.2 Å². The Kier molecular flexibility index (Phi) is 7.98. The maximum absolute atomic E-state index is 13.1. The van der Waals surface area contributed by atoms with Gasteiger partial charge in [-0.3, -0.25) is 9.52 Å². The zero-order valence-electron chi connectivity index (χ0n) is 17.2. The Labute approximate surface area is 209 Å². The first kappa shape index (κ1) is 25.7. The van der Waals surface area contributed by atoms with E-state index in [0.29, 0.717) is 5.02 Å². The molecule has 0 radical (unpaired) electrons. The summed E-state index contributed by atoms with van der Waals surface area (Å²) in [7, 11) is -4.29. The Morgan fingerprint density at radius 3 is 2.32 bits per heavy atom. The van der Waals surface area contributed by atoms with Crippen molar-refractivity contribution in [3.8, 4) is 0 Å². The van der Waals surface area contributed by atoms with Crippen molar-refractivity contribution in [3.05, 3.63) is 81.2 Å². The molecular formula is C21H15Cl3FN3O5S. The Morgan fingerprint density at radius 1 is 1.03 bits per heavy atom. The van der Waals surface area contributed by atoms with E-state index in [2.05, 4.69) is 15.0 Å². The van der Waals surface area contributed by atoms with Gasteiger partial charge in [-0.05, 0) is 55.5 Å². The molecule has 0 aliphatic carbocycles. The third-order valence-electron chi connectivity index (χ3n) is 4.26. The summed E-state index contributed by atoms with van der Waals surface area (Å²) in [6.07, 6.45) is 0.0395. The fourth-order valence-electron chi connectivity index (χ4n) is 2.57. The van der Waals surface area contributed by atoms with Gasteiger partial charge in [0.05, 0.1) is 20.6 Å². The van der Waals surface area contributed by atoms with Gasteiger partial charge >= 0.3 is 5.97 Å². The number of anilines is 2. The number of rotatable bonds is 7. The highest BCUT2D eigenvalue weighted by Crippen LogP contribution is 2.30. The van der Waals surface area contributed by atoms with Gasteiger partial charge in [0.25, 0.3) is 15.9 Å². The molecule has 1 heterocycles. The molecule has 0 saturated carbocycles. The smallest absolute Gasteiger partial charge is 0.340 e. The molecule has 0 bridgehead atoms. The molecule has 8 nitrogen and oxygen atoms in total. The van der Waals surface area contributed by atoms with Gasteiger partial charge in [-0.2, -0.15) is 0 Å². The van der Waals surface area contributed by atoms with Crippen LogP contribution in [-0.4, -0.2) is 31.4 Å². The first-order valence-electron chi connectivity index (χ1n) is 9.37. The standard InChI is InChI=1S/C21H15Cl3FN3O5S/c1-11(20(29)27-19-7-2-12(22)10-26-19)33-21(30)15-8-18(17(24)9-16(15)23)34(31,32)28-14-5-3-13(25)4-6-14/h2-11,28H,1H3,(H,26,27,29)/t11-/m1/s1. The zero-order chi connectivity index (χ0) is 25.0. The van der Waals surface area contributed by atoms with Crippen LogP contribution in [0.4, 0.5) is 15.9 Å². The van der Waals surface area contributed by atoms with Crippen LogP contribution in [0.2, 0.25) is 15.1 Å². The van der Waals surface area contributed by atoms with Crippen LogP contribution in [0.15, 0.2) is 59.6 Å². The molecule has 0 aliphatic heterocycles. The summed E-state index contributed by atoms with van der Waals surface area (Å²) in [5.74, 6) is -2.13. The number of esters is 1. The van der Waals surface area contributed by atoms with Crippen molar-refractivity contribution < 1.29 is 27.1 Å². The first-order chi connectivity index (χ1) is 16.0. The number of nitrogens with one attached hydrogen (secondary N) is 2. The second-order valence-electron chi connectivity index (χ2n) is 6.77. The fraction of sp³-hybridized carbons (Fsp3) is 0.0952. The highest BCUT2D eigenvalue weighted by Gasteiger charge is 2.26. The molecule has 178 valence electrons. The number of hydrogen-bond donors (Lipinski definition) is 2. The van der Waals surface area contributed by atoms with E-state index < -0.39 is 38.7 Å². The average molecular weight is 547 g/mol. The number of nitrogens with zero attached hydrogens (tertiary/aromatic N) is 1. The van der Waals surface area contributed by atoms with E-state index >= 15 is 0 Å². The van der Waals surface area contributed by atoms with Crippen molar-refractivity contribution in [2.24, 2.45) is 0 Å². The van der Waals surface area contributed by atoms with E-state index in [1.165, 1.54) is 37.4 Å². The van der Waals surface area contributed by atoms with E-state index in [1.807, 2.05) is 0 Å². The normalized spacial score (nSPS) is 12.0. The molecule has 2 aromatic carbocycles. The molecule has 0 aliphatic rings. The number of pyridine rings is 1. The first-order valence-corrected chi connectivity index (χ1v) is 12.0. The van der Waals surface area contributed by atoms with Gasteiger partial charge in [0.15, 0.2) is 6.10 Å². The number of benzene rings is 2. The van der Waals surface area contributed by atoms with E-state index in [1.54, 1.807) is 0 Å². The lowest BCUT2D eigenvalue weighted by Gasteiger charge is -2.15. The lowest BCUT2D eigenvalue weighted by atomic mass is 10.2. The van der Waals surface area contributed by atoms with E-state index in [0.717, 1.165) is 24.3 Å². The van der Waals surface area contributed by atoms with Gasteiger partial charge in [0.1, 0.15) is 16.5 Å². The minimum atomic E-state index is -4.29. The number of aromatic nitrogens is 1. The maximum Gasteiger partial charge on any atom is 0.340 e. The summed E-state index contributed by atoms with van der Waals surface area (Å²) < 4.78 is 46.0. The molecular weight excluding hydrogens is 532 g/mol. The fourth-order valence-corrected chi connectivity index (χ4v) is 4.60. The molecule has 0 saturated heterocycles. The number of sulfonamides is 1. The van der Waals surface area contributed by atoms with Crippen molar-refractivity contribution in [1.82, 2.24) is 4.98 Å². The summed E-state index contributed by atoms with van der Waals surface area (Å²) in [6.45, 7) is 1.31. The average Bonchev–Trinajstić information content (AvgIpc) is 2.76. The van der Waals surface area contributed by atoms with Crippen LogP contribution in [-0.2, 0) is 19.6 Å². The molecule has 2 N–H and O–H groups in total. The van der Waals surface area contributed by atoms with Crippen molar-refractivity contribution in [3.63, 3.8) is 0 Å². The Morgan fingerprint density at radius 2 is 1.71 bits per heavy atom. The molecule has 0 fully saturated rings. The SMILES string of the molecule is C[C@@H](OC(=O)c1cc(S(=O)(=O)Nc2ccc(F)cc2)c(Cl)cc1Cl)C(=O)Nc1ccc(Cl)cn1. The van der Waals surface area contributed by atoms with Crippen molar-refractivity contribution in [2.75, 3.05) is 10.0 Å². The number of amides is 1. The topological polar surface area (TPSA) is 114 Å². The lowest BCUT2D eigenvalue weighted by molar-refractivity contribution is -0.123. The second-order valence-corrected chi connectivity index (χ2v) is 9.67. The third kappa shape index (κ3) is 6.35. The summed E-state index contributed by atoms with van der Waals surface area (Å²) >= 11 is 17.9. The summed E-state index contributed by atoms with van der Waals surface area (Å²) in [5, 5.41) is 2.35. The van der Waals surface area contributed by atoms with Crippen LogP contribution in [0.3, 0.4) is 0 Å². The zero-order valence-corrected chi connectivity index (χ0v) is 20.3. The van der Waals surface area contributed by atoms with E-state index in [-0.39, 0.29) is 27.1 Å². The Balaban J connectivity index is 1.79. The molecule has 1 amide bonds. The third-order valence-corrected chi connectivity index (χ3v) is 6.64. The van der Waals surface area contributed by atoms with Crippen LogP contribution >= 0.6 is 34.8 Å². The summed E-state index contributed by atoms with van der Waals surface area (Å²) in [6, 6.07) is 9.49. The Hall–Kier alpha value is -2.92. The number of hydrogen-bond acceptors (Lipinski definition) is 6. The minimum Gasteiger partial charge on any atom is -0.449 e. The molecule has 13 heteroatoms. The van der Waals surface area contributed by atoms with Crippen LogP contribution in [0.1, 0.15) is 17.3 Å². The highest BCUT2D eigenvalue weighted by atomic mass is 35.5. The molecule has 0 spiro atoms. The predicted molar refractivity (Wildman–Crippen MR) is 126 cm³/mol. The van der Waals surface area contributed by atoms with Crippen LogP contribution in [0.5, 0.6) is 0 Å². The van der Waals surface area contributed by atoms with E-state index in [4.69, 9.17) is 39.5 Å². The van der Waals surface area contributed by atoms with Gasteiger partial charge in [0.2, 0.25) is 0 Å². The quantitative estimate of drug-likeness (QED) is 0.395. The van der Waals surface area contributed by atoms with Gasteiger partial charge in [0, 0.05) is 11.9 Å². The monoisotopic (exact) mass is 545 g/mol. The summed E-state index contributed by atoms with van der Waals surface area (Å²) in [5.41, 5.74) is -0.271. The molecule has 34 heavy (non-hydrogen) atoms. The maximum atomic E-state index is 13.1. The summed E-state index contributed by atoms with van der Waals surface area (Å²) in [4.78, 5) is 28.4. The number of carbonyl (C=O) groups is 2. The molecule has 0 unspecified atom stereocenters. The van der Waals surface area contributed by atoms with E-state index in [9.17, 15) is 22.4 Å². The molecule has 1 atom stereocenters. The van der Waals surface area contributed by atoms with Crippen molar-refractivity contribution in [1.29, 1.82) is 0 Å².